The molecule has 0 radical (unpaired) electrons. The number of benzene rings is 1. The third kappa shape index (κ3) is 4.14. The molecule has 0 fully saturated rings. The molecule has 0 aromatic heterocycles. The standard InChI is InChI=1S/C12H16N2O3/c1-8(11(13)16)12(17)14-7-6-9-2-4-10(15)5-3-9/h2-5,8,15H,6-7H2,1H3,(H2,13,16)(H,14,17). The highest BCUT2D eigenvalue weighted by Gasteiger charge is 2.17. The third-order valence-electron chi connectivity index (χ3n) is 2.47. The molecule has 0 aliphatic carbocycles. The maximum atomic E-state index is 11.4. The van der Waals surface area contributed by atoms with E-state index in [-0.39, 0.29) is 11.7 Å². The van der Waals surface area contributed by atoms with Crippen LogP contribution < -0.4 is 11.1 Å². The average molecular weight is 236 g/mol. The molecule has 1 aromatic carbocycles. The lowest BCUT2D eigenvalue weighted by atomic mass is 10.1. The number of primary amides is 1. The largest absolute Gasteiger partial charge is 0.508 e. The van der Waals surface area contributed by atoms with Crippen LogP contribution in [0.3, 0.4) is 0 Å². The van der Waals surface area contributed by atoms with Crippen LogP contribution in [0.15, 0.2) is 24.3 Å². The average Bonchev–Trinajstić information content (AvgIpc) is 2.30. The fraction of sp³-hybridized carbons (Fsp3) is 0.333. The lowest BCUT2D eigenvalue weighted by molar-refractivity contribution is -0.132. The zero-order chi connectivity index (χ0) is 12.8. The van der Waals surface area contributed by atoms with Crippen molar-refractivity contribution in [2.24, 2.45) is 11.7 Å². The van der Waals surface area contributed by atoms with Gasteiger partial charge in [0.1, 0.15) is 11.7 Å². The number of aromatic hydroxyl groups is 1. The van der Waals surface area contributed by atoms with Gasteiger partial charge in [0.05, 0.1) is 0 Å². The van der Waals surface area contributed by atoms with Gasteiger partial charge in [0.25, 0.3) is 0 Å². The van der Waals surface area contributed by atoms with Gasteiger partial charge in [-0.3, -0.25) is 9.59 Å². The van der Waals surface area contributed by atoms with E-state index in [2.05, 4.69) is 5.32 Å². The predicted octanol–water partition coefficient (Wildman–Crippen LogP) is 0.172. The second-order valence-electron chi connectivity index (χ2n) is 3.83. The molecule has 4 N–H and O–H groups in total. The minimum Gasteiger partial charge on any atom is -0.508 e. The first-order valence-corrected chi connectivity index (χ1v) is 5.35. The van der Waals surface area contributed by atoms with E-state index in [1.807, 2.05) is 0 Å². The Morgan fingerprint density at radius 3 is 2.47 bits per heavy atom. The van der Waals surface area contributed by atoms with Gasteiger partial charge in [-0.2, -0.15) is 0 Å². The Hall–Kier alpha value is -2.04. The predicted molar refractivity (Wildman–Crippen MR) is 63.2 cm³/mol. The van der Waals surface area contributed by atoms with Crippen LogP contribution >= 0.6 is 0 Å². The van der Waals surface area contributed by atoms with Gasteiger partial charge >= 0.3 is 0 Å². The molecule has 0 aliphatic rings. The van der Waals surface area contributed by atoms with E-state index in [0.717, 1.165) is 5.56 Å². The van der Waals surface area contributed by atoms with Crippen LogP contribution in [0.4, 0.5) is 0 Å². The molecule has 5 heteroatoms. The molecule has 2 amide bonds. The van der Waals surface area contributed by atoms with E-state index >= 15 is 0 Å². The van der Waals surface area contributed by atoms with Gasteiger partial charge in [-0.05, 0) is 31.0 Å². The SMILES string of the molecule is CC(C(N)=O)C(=O)NCCc1ccc(O)cc1. The van der Waals surface area contributed by atoms with Crippen LogP contribution in [0.5, 0.6) is 5.75 Å². The summed E-state index contributed by atoms with van der Waals surface area (Å²) in [6.07, 6.45) is 0.636. The van der Waals surface area contributed by atoms with E-state index < -0.39 is 11.8 Å². The second-order valence-corrected chi connectivity index (χ2v) is 3.83. The highest BCUT2D eigenvalue weighted by Crippen LogP contribution is 2.09. The van der Waals surface area contributed by atoms with Crippen molar-refractivity contribution in [3.05, 3.63) is 29.8 Å². The number of hydrogen-bond donors (Lipinski definition) is 3. The van der Waals surface area contributed by atoms with Crippen molar-refractivity contribution < 1.29 is 14.7 Å². The number of carbonyl (C=O) groups is 2. The molecular weight excluding hydrogens is 220 g/mol. The minimum absolute atomic E-state index is 0.208. The first kappa shape index (κ1) is 13.0. The normalized spacial score (nSPS) is 11.8. The van der Waals surface area contributed by atoms with Crippen LogP contribution in [0.2, 0.25) is 0 Å². The van der Waals surface area contributed by atoms with Crippen LogP contribution in [0, 0.1) is 5.92 Å². The van der Waals surface area contributed by atoms with Crippen LogP contribution in [-0.4, -0.2) is 23.5 Å². The van der Waals surface area contributed by atoms with Gasteiger partial charge in [-0.1, -0.05) is 12.1 Å². The Balaban J connectivity index is 2.35. The van der Waals surface area contributed by atoms with E-state index in [4.69, 9.17) is 10.8 Å². The Bertz CT molecular complexity index is 401. The Kier molecular flexibility index (Phi) is 4.51. The lowest BCUT2D eigenvalue weighted by Gasteiger charge is -2.08. The summed E-state index contributed by atoms with van der Waals surface area (Å²) < 4.78 is 0. The molecule has 0 spiro atoms. The molecule has 5 nitrogen and oxygen atoms in total. The highest BCUT2D eigenvalue weighted by molar-refractivity contribution is 5.99. The first-order chi connectivity index (χ1) is 8.00. The van der Waals surface area contributed by atoms with Crippen LogP contribution in [-0.2, 0) is 16.0 Å². The molecule has 0 heterocycles. The number of rotatable bonds is 5. The van der Waals surface area contributed by atoms with E-state index in [1.54, 1.807) is 24.3 Å². The fourth-order valence-corrected chi connectivity index (χ4v) is 1.27. The summed E-state index contributed by atoms with van der Waals surface area (Å²) in [6.45, 7) is 1.90. The van der Waals surface area contributed by atoms with Crippen molar-refractivity contribution in [2.75, 3.05) is 6.54 Å². The van der Waals surface area contributed by atoms with Gasteiger partial charge in [-0.15, -0.1) is 0 Å². The zero-order valence-electron chi connectivity index (χ0n) is 9.64. The van der Waals surface area contributed by atoms with Gasteiger partial charge < -0.3 is 16.2 Å². The molecule has 0 bridgehead atoms. The maximum absolute atomic E-state index is 11.4. The van der Waals surface area contributed by atoms with Crippen LogP contribution in [0.1, 0.15) is 12.5 Å². The number of phenolic OH excluding ortho intramolecular Hbond substituents is 1. The molecular formula is C12H16N2O3. The zero-order valence-corrected chi connectivity index (χ0v) is 9.64. The molecule has 92 valence electrons. The Labute approximate surface area is 99.6 Å². The number of nitrogens with two attached hydrogens (primary N) is 1. The van der Waals surface area contributed by atoms with Gasteiger partial charge in [0, 0.05) is 6.54 Å². The smallest absolute Gasteiger partial charge is 0.232 e. The summed E-state index contributed by atoms with van der Waals surface area (Å²) in [5.74, 6) is -1.60. The molecule has 1 aromatic rings. The first-order valence-electron chi connectivity index (χ1n) is 5.35. The highest BCUT2D eigenvalue weighted by atomic mass is 16.3. The fourth-order valence-electron chi connectivity index (χ4n) is 1.27. The van der Waals surface area contributed by atoms with Crippen molar-refractivity contribution in [1.29, 1.82) is 0 Å². The van der Waals surface area contributed by atoms with E-state index in [0.29, 0.717) is 13.0 Å². The van der Waals surface area contributed by atoms with Gasteiger partial charge in [-0.25, -0.2) is 0 Å². The number of hydrogen-bond acceptors (Lipinski definition) is 3. The number of nitrogens with one attached hydrogen (secondary N) is 1. The van der Waals surface area contributed by atoms with E-state index in [1.165, 1.54) is 6.92 Å². The van der Waals surface area contributed by atoms with Crippen molar-refractivity contribution in [3.63, 3.8) is 0 Å². The maximum Gasteiger partial charge on any atom is 0.232 e. The summed E-state index contributed by atoms with van der Waals surface area (Å²) >= 11 is 0. The monoisotopic (exact) mass is 236 g/mol. The van der Waals surface area contributed by atoms with Crippen molar-refractivity contribution in [2.45, 2.75) is 13.3 Å². The summed E-state index contributed by atoms with van der Waals surface area (Å²) in [5, 5.41) is 11.7. The molecule has 1 atom stereocenters. The van der Waals surface area contributed by atoms with E-state index in [9.17, 15) is 9.59 Å². The number of carbonyl (C=O) groups excluding carboxylic acids is 2. The van der Waals surface area contributed by atoms with Gasteiger partial charge in [0.2, 0.25) is 11.8 Å². The summed E-state index contributed by atoms with van der Waals surface area (Å²) in [7, 11) is 0. The molecule has 0 aliphatic heterocycles. The summed E-state index contributed by atoms with van der Waals surface area (Å²) in [4.78, 5) is 22.1. The Morgan fingerprint density at radius 1 is 1.35 bits per heavy atom. The minimum atomic E-state index is -0.810. The topological polar surface area (TPSA) is 92.4 Å². The summed E-state index contributed by atoms with van der Waals surface area (Å²) in [5.41, 5.74) is 6.00. The van der Waals surface area contributed by atoms with Crippen molar-refractivity contribution in [1.82, 2.24) is 5.32 Å². The molecule has 0 saturated carbocycles. The number of phenols is 1. The van der Waals surface area contributed by atoms with Gasteiger partial charge in [0.15, 0.2) is 0 Å². The second kappa shape index (κ2) is 5.89. The lowest BCUT2D eigenvalue weighted by Crippen LogP contribution is -2.37. The Morgan fingerprint density at radius 2 is 1.94 bits per heavy atom. The third-order valence-corrected chi connectivity index (χ3v) is 2.47. The van der Waals surface area contributed by atoms with Crippen molar-refractivity contribution >= 4 is 11.8 Å². The molecule has 1 unspecified atom stereocenters. The molecule has 0 saturated heterocycles. The van der Waals surface area contributed by atoms with Crippen LogP contribution in [0.25, 0.3) is 0 Å². The summed E-state index contributed by atoms with van der Waals surface area (Å²) in [6, 6.07) is 6.73. The molecule has 1 rings (SSSR count). The van der Waals surface area contributed by atoms with Crippen molar-refractivity contribution in [3.8, 4) is 5.75 Å². The molecule has 17 heavy (non-hydrogen) atoms. The quantitative estimate of drug-likeness (QED) is 0.636. The number of amides is 2.